The van der Waals surface area contributed by atoms with Crippen molar-refractivity contribution in [1.82, 2.24) is 0 Å². The first-order chi connectivity index (χ1) is 15.7. The van der Waals surface area contributed by atoms with Gasteiger partial charge in [-0.05, 0) is 24.6 Å². The normalized spacial score (nSPS) is 12.3. The molecule has 5 heteroatoms. The van der Waals surface area contributed by atoms with Crippen LogP contribution in [-0.4, -0.2) is 40.7 Å². The van der Waals surface area contributed by atoms with Crippen LogP contribution >= 0.6 is 0 Å². The molecule has 0 aliphatic rings. The van der Waals surface area contributed by atoms with Crippen molar-refractivity contribution < 1.29 is 18.7 Å². The van der Waals surface area contributed by atoms with Crippen molar-refractivity contribution in [2.45, 2.75) is 149 Å². The van der Waals surface area contributed by atoms with Crippen LogP contribution in [0.3, 0.4) is 0 Å². The Morgan fingerprint density at radius 1 is 0.636 bits per heavy atom. The third-order valence-electron chi connectivity index (χ3n) is 6.97. The van der Waals surface area contributed by atoms with Crippen LogP contribution in [0.4, 0.5) is 0 Å². The van der Waals surface area contributed by atoms with Gasteiger partial charge in [0.1, 0.15) is 6.61 Å². The number of ether oxygens (including phenoxy) is 2. The first-order valence-electron chi connectivity index (χ1n) is 14.1. The van der Waals surface area contributed by atoms with Crippen LogP contribution in [0, 0.1) is 0 Å². The summed E-state index contributed by atoms with van der Waals surface area (Å²) in [6, 6.07) is 0. The Hall–Kier alpha value is -0.393. The lowest BCUT2D eigenvalue weighted by Crippen LogP contribution is -2.41. The Balaban J connectivity index is 3.31. The molecule has 0 spiro atoms. The number of unbranched alkanes of at least 4 members (excludes halogenated alkanes) is 14. The summed E-state index contributed by atoms with van der Waals surface area (Å²) < 4.78 is 16.9. The Labute approximate surface area is 208 Å². The Morgan fingerprint density at radius 2 is 1.06 bits per heavy atom. The van der Waals surface area contributed by atoms with E-state index in [-0.39, 0.29) is 11.0 Å². The third-order valence-corrected chi connectivity index (χ3v) is 11.5. The summed E-state index contributed by atoms with van der Waals surface area (Å²) in [6.45, 7) is 15.4. The molecule has 4 nitrogen and oxygen atoms in total. The predicted molar refractivity (Wildman–Crippen MR) is 144 cm³/mol. The Bertz CT molecular complexity index is 446. The van der Waals surface area contributed by atoms with Crippen molar-refractivity contribution in [2.75, 3.05) is 26.4 Å². The predicted octanol–water partition coefficient (Wildman–Crippen LogP) is 8.83. The standard InChI is InChI=1S/C28H58O4Si/c1-7-8-9-10-11-12-13-14-15-16-17-18-19-20-21-22-27(29)31-25-23-30-24-26-32-33(5,6)28(2,3)4/h7-26H2,1-6H3. The van der Waals surface area contributed by atoms with Crippen LogP contribution in [0.1, 0.15) is 130 Å². The van der Waals surface area contributed by atoms with Crippen LogP contribution in [0.5, 0.6) is 0 Å². The first-order valence-corrected chi connectivity index (χ1v) is 17.0. The van der Waals surface area contributed by atoms with E-state index in [2.05, 4.69) is 40.8 Å². The molecule has 0 bridgehead atoms. The molecular formula is C28H58O4Si. The molecular weight excluding hydrogens is 428 g/mol. The zero-order valence-corrected chi connectivity index (χ0v) is 24.3. The van der Waals surface area contributed by atoms with Crippen molar-refractivity contribution in [3.8, 4) is 0 Å². The third kappa shape index (κ3) is 20.7. The van der Waals surface area contributed by atoms with E-state index in [0.717, 1.165) is 12.8 Å². The zero-order valence-electron chi connectivity index (χ0n) is 23.3. The molecule has 0 amide bonds. The largest absolute Gasteiger partial charge is 0.463 e. The van der Waals surface area contributed by atoms with E-state index in [1.165, 1.54) is 83.5 Å². The van der Waals surface area contributed by atoms with Gasteiger partial charge in [0, 0.05) is 6.42 Å². The molecule has 0 aliphatic carbocycles. The van der Waals surface area contributed by atoms with Crippen LogP contribution < -0.4 is 0 Å². The Kier molecular flexibility index (Phi) is 20.7. The highest BCUT2D eigenvalue weighted by Gasteiger charge is 2.36. The van der Waals surface area contributed by atoms with Gasteiger partial charge in [-0.25, -0.2) is 0 Å². The average Bonchev–Trinajstić information content (AvgIpc) is 2.75. The molecule has 0 unspecified atom stereocenters. The van der Waals surface area contributed by atoms with Gasteiger partial charge in [0.15, 0.2) is 8.32 Å². The maximum Gasteiger partial charge on any atom is 0.305 e. The zero-order chi connectivity index (χ0) is 24.8. The van der Waals surface area contributed by atoms with E-state index in [1.54, 1.807) is 0 Å². The van der Waals surface area contributed by atoms with E-state index in [0.29, 0.717) is 32.8 Å². The van der Waals surface area contributed by atoms with Gasteiger partial charge in [-0.15, -0.1) is 0 Å². The molecule has 0 rings (SSSR count). The summed E-state index contributed by atoms with van der Waals surface area (Å²) in [5.41, 5.74) is 0. The van der Waals surface area contributed by atoms with Crippen molar-refractivity contribution in [2.24, 2.45) is 0 Å². The minimum absolute atomic E-state index is 0.0918. The van der Waals surface area contributed by atoms with Crippen LogP contribution in [-0.2, 0) is 18.7 Å². The lowest BCUT2D eigenvalue weighted by Gasteiger charge is -2.36. The smallest absolute Gasteiger partial charge is 0.305 e. The van der Waals surface area contributed by atoms with Crippen molar-refractivity contribution in [3.63, 3.8) is 0 Å². The van der Waals surface area contributed by atoms with E-state index >= 15 is 0 Å². The van der Waals surface area contributed by atoms with Crippen molar-refractivity contribution in [1.29, 1.82) is 0 Å². The summed E-state index contributed by atoms with van der Waals surface area (Å²) in [4.78, 5) is 11.8. The fourth-order valence-corrected chi connectivity index (χ4v) is 4.63. The van der Waals surface area contributed by atoms with Gasteiger partial charge in [0.05, 0.1) is 19.8 Å². The number of hydrogen-bond donors (Lipinski definition) is 0. The molecule has 0 aromatic carbocycles. The van der Waals surface area contributed by atoms with Crippen LogP contribution in [0.2, 0.25) is 18.1 Å². The van der Waals surface area contributed by atoms with E-state index in [9.17, 15) is 4.79 Å². The van der Waals surface area contributed by atoms with Crippen LogP contribution in [0.15, 0.2) is 0 Å². The second-order valence-electron chi connectivity index (χ2n) is 11.1. The molecule has 33 heavy (non-hydrogen) atoms. The highest BCUT2D eigenvalue weighted by atomic mass is 28.4. The van der Waals surface area contributed by atoms with Gasteiger partial charge in [-0.1, -0.05) is 118 Å². The number of esters is 1. The number of rotatable bonds is 23. The summed E-state index contributed by atoms with van der Waals surface area (Å²) in [6.07, 6.45) is 20.6. The first kappa shape index (κ1) is 32.6. The molecule has 0 saturated carbocycles. The number of carbonyl (C=O) groups excluding carboxylic acids is 1. The fourth-order valence-electron chi connectivity index (χ4n) is 3.60. The minimum Gasteiger partial charge on any atom is -0.463 e. The van der Waals surface area contributed by atoms with Crippen molar-refractivity contribution >= 4 is 14.3 Å². The summed E-state index contributed by atoms with van der Waals surface area (Å²) in [5.74, 6) is -0.0918. The highest BCUT2D eigenvalue weighted by molar-refractivity contribution is 6.74. The van der Waals surface area contributed by atoms with Gasteiger partial charge in [0.2, 0.25) is 0 Å². The molecule has 198 valence electrons. The number of hydrogen-bond acceptors (Lipinski definition) is 4. The van der Waals surface area contributed by atoms with Gasteiger partial charge in [-0.2, -0.15) is 0 Å². The molecule has 0 aliphatic heterocycles. The second kappa shape index (κ2) is 20.9. The SMILES string of the molecule is CCCCCCCCCCCCCCCCCC(=O)OCCOCCO[Si](C)(C)C(C)(C)C. The lowest BCUT2D eigenvalue weighted by molar-refractivity contribution is -0.145. The maximum atomic E-state index is 11.8. The fraction of sp³-hybridized carbons (Fsp3) is 0.964. The maximum absolute atomic E-state index is 11.8. The molecule has 0 fully saturated rings. The molecule has 0 heterocycles. The van der Waals surface area contributed by atoms with Gasteiger partial charge in [0.25, 0.3) is 0 Å². The molecule has 0 atom stereocenters. The highest BCUT2D eigenvalue weighted by Crippen LogP contribution is 2.36. The molecule has 0 aromatic heterocycles. The lowest BCUT2D eigenvalue weighted by atomic mass is 10.0. The summed E-state index contributed by atoms with van der Waals surface area (Å²) in [5, 5.41) is 0.218. The second-order valence-corrected chi connectivity index (χ2v) is 16.0. The Morgan fingerprint density at radius 3 is 1.52 bits per heavy atom. The van der Waals surface area contributed by atoms with E-state index in [1.807, 2.05) is 0 Å². The summed E-state index contributed by atoms with van der Waals surface area (Å²) in [7, 11) is -1.70. The molecule has 0 saturated heterocycles. The average molecular weight is 487 g/mol. The van der Waals surface area contributed by atoms with Gasteiger partial charge < -0.3 is 13.9 Å². The summed E-state index contributed by atoms with van der Waals surface area (Å²) >= 11 is 0. The molecule has 0 radical (unpaired) electrons. The monoisotopic (exact) mass is 486 g/mol. The van der Waals surface area contributed by atoms with Crippen molar-refractivity contribution in [3.05, 3.63) is 0 Å². The molecule has 0 aromatic rings. The number of carbonyl (C=O) groups is 1. The van der Waals surface area contributed by atoms with E-state index < -0.39 is 8.32 Å². The molecule has 0 N–H and O–H groups in total. The quantitative estimate of drug-likeness (QED) is 0.0822. The van der Waals surface area contributed by atoms with Gasteiger partial charge >= 0.3 is 5.97 Å². The topological polar surface area (TPSA) is 44.8 Å². The van der Waals surface area contributed by atoms with E-state index in [4.69, 9.17) is 13.9 Å². The van der Waals surface area contributed by atoms with Crippen LogP contribution in [0.25, 0.3) is 0 Å². The minimum atomic E-state index is -1.70. The van der Waals surface area contributed by atoms with Gasteiger partial charge in [-0.3, -0.25) is 4.79 Å².